The second-order valence-corrected chi connectivity index (χ2v) is 6.49. The van der Waals surface area contributed by atoms with Crippen molar-refractivity contribution in [3.8, 4) is 0 Å². The van der Waals surface area contributed by atoms with Crippen LogP contribution in [0.4, 0.5) is 0 Å². The third-order valence-electron chi connectivity index (χ3n) is 4.75. The molecule has 0 bridgehead atoms. The molecular formula is C20H24N4O2. The summed E-state index contributed by atoms with van der Waals surface area (Å²) >= 11 is 0. The van der Waals surface area contributed by atoms with Gasteiger partial charge in [0.2, 0.25) is 0 Å². The largest absolute Gasteiger partial charge is 0.345 e. The number of carbonyl (C=O) groups excluding carboxylic acids is 2. The van der Waals surface area contributed by atoms with Crippen molar-refractivity contribution in [2.75, 3.05) is 6.54 Å². The molecule has 0 aromatic carbocycles. The summed E-state index contributed by atoms with van der Waals surface area (Å²) in [6, 6.07) is 9.08. The van der Waals surface area contributed by atoms with E-state index in [1.54, 1.807) is 18.3 Å². The number of nitrogens with one attached hydrogen (secondary N) is 1. The van der Waals surface area contributed by atoms with Gasteiger partial charge in [-0.3, -0.25) is 19.6 Å². The van der Waals surface area contributed by atoms with Crippen molar-refractivity contribution in [2.24, 2.45) is 0 Å². The van der Waals surface area contributed by atoms with Gasteiger partial charge >= 0.3 is 0 Å². The van der Waals surface area contributed by atoms with Crippen molar-refractivity contribution in [1.29, 1.82) is 0 Å². The molecule has 0 aliphatic carbocycles. The third-order valence-corrected chi connectivity index (χ3v) is 4.75. The number of hydrogen-bond donors (Lipinski definition) is 1. The van der Waals surface area contributed by atoms with Crippen molar-refractivity contribution >= 4 is 11.8 Å². The zero-order chi connectivity index (χ0) is 18.4. The lowest BCUT2D eigenvalue weighted by atomic mass is 9.99. The number of likely N-dealkylation sites (tertiary alicyclic amines) is 1. The van der Waals surface area contributed by atoms with Gasteiger partial charge in [0.1, 0.15) is 5.69 Å². The number of hydrogen-bond acceptors (Lipinski definition) is 4. The monoisotopic (exact) mass is 352 g/mol. The van der Waals surface area contributed by atoms with Crippen LogP contribution in [0.25, 0.3) is 0 Å². The molecule has 3 rings (SSSR count). The van der Waals surface area contributed by atoms with Crippen LogP contribution in [0.2, 0.25) is 0 Å². The maximum atomic E-state index is 12.9. The molecule has 1 saturated heterocycles. The normalized spacial score (nSPS) is 17.0. The first kappa shape index (κ1) is 18.0. The summed E-state index contributed by atoms with van der Waals surface area (Å²) in [6.45, 7) is 3.21. The van der Waals surface area contributed by atoms with Crippen molar-refractivity contribution < 1.29 is 9.59 Å². The number of aromatic nitrogens is 2. The van der Waals surface area contributed by atoms with E-state index in [-0.39, 0.29) is 23.6 Å². The van der Waals surface area contributed by atoms with Crippen molar-refractivity contribution in [3.05, 3.63) is 59.7 Å². The first-order chi connectivity index (χ1) is 12.7. The molecular weight excluding hydrogens is 328 g/mol. The SMILES string of the molecule is CCC1CCCCN1C(=O)c1ccnc(C(=O)NCc2ccccn2)c1. The second-order valence-electron chi connectivity index (χ2n) is 6.49. The Bertz CT molecular complexity index is 763. The van der Waals surface area contributed by atoms with E-state index in [2.05, 4.69) is 22.2 Å². The Kier molecular flexibility index (Phi) is 5.94. The van der Waals surface area contributed by atoms with Gasteiger partial charge in [-0.2, -0.15) is 0 Å². The van der Waals surface area contributed by atoms with Crippen molar-refractivity contribution in [2.45, 2.75) is 45.2 Å². The minimum absolute atomic E-state index is 0.0160. The minimum Gasteiger partial charge on any atom is -0.345 e. The number of amides is 2. The lowest BCUT2D eigenvalue weighted by Crippen LogP contribution is -2.43. The van der Waals surface area contributed by atoms with Gasteiger partial charge in [0, 0.05) is 30.5 Å². The summed E-state index contributed by atoms with van der Waals surface area (Å²) in [7, 11) is 0. The van der Waals surface area contributed by atoms with Crippen LogP contribution in [0.1, 0.15) is 59.1 Å². The molecule has 1 fully saturated rings. The molecule has 1 aliphatic rings. The van der Waals surface area contributed by atoms with Crippen LogP contribution in [-0.2, 0) is 6.54 Å². The molecule has 2 aromatic rings. The lowest BCUT2D eigenvalue weighted by Gasteiger charge is -2.35. The van der Waals surface area contributed by atoms with E-state index in [1.807, 2.05) is 23.1 Å². The van der Waals surface area contributed by atoms with Gasteiger partial charge in [0.15, 0.2) is 0 Å². The van der Waals surface area contributed by atoms with Crippen LogP contribution < -0.4 is 5.32 Å². The van der Waals surface area contributed by atoms with Crippen LogP contribution in [-0.4, -0.2) is 39.3 Å². The zero-order valence-corrected chi connectivity index (χ0v) is 15.0. The number of rotatable bonds is 5. The van der Waals surface area contributed by atoms with Gasteiger partial charge in [0.25, 0.3) is 11.8 Å². The summed E-state index contributed by atoms with van der Waals surface area (Å²) in [6.07, 6.45) is 7.40. The zero-order valence-electron chi connectivity index (χ0n) is 15.0. The fraction of sp³-hybridized carbons (Fsp3) is 0.400. The van der Waals surface area contributed by atoms with E-state index in [0.29, 0.717) is 12.1 Å². The first-order valence-corrected chi connectivity index (χ1v) is 9.14. The average Bonchev–Trinajstić information content (AvgIpc) is 2.72. The van der Waals surface area contributed by atoms with Gasteiger partial charge in [0.05, 0.1) is 12.2 Å². The predicted octanol–water partition coefficient (Wildman–Crippen LogP) is 2.81. The summed E-state index contributed by atoms with van der Waals surface area (Å²) < 4.78 is 0. The Balaban J connectivity index is 1.69. The molecule has 3 heterocycles. The van der Waals surface area contributed by atoms with E-state index in [1.165, 1.54) is 12.6 Å². The van der Waals surface area contributed by atoms with Gasteiger partial charge < -0.3 is 10.2 Å². The molecule has 6 nitrogen and oxygen atoms in total. The number of nitrogens with zero attached hydrogens (tertiary/aromatic N) is 3. The molecule has 0 radical (unpaired) electrons. The summed E-state index contributed by atoms with van der Waals surface area (Å²) in [5.41, 5.74) is 1.53. The van der Waals surface area contributed by atoms with Crippen LogP contribution >= 0.6 is 0 Å². The van der Waals surface area contributed by atoms with Crippen molar-refractivity contribution in [3.63, 3.8) is 0 Å². The molecule has 6 heteroatoms. The standard InChI is InChI=1S/C20H24N4O2/c1-2-17-8-4-6-12-24(17)20(26)15-9-11-22-18(13-15)19(25)23-14-16-7-3-5-10-21-16/h3,5,7,9-11,13,17H,2,4,6,8,12,14H2,1H3,(H,23,25). The third kappa shape index (κ3) is 4.25. The van der Waals surface area contributed by atoms with Gasteiger partial charge in [-0.1, -0.05) is 13.0 Å². The molecule has 26 heavy (non-hydrogen) atoms. The summed E-state index contributed by atoms with van der Waals surface area (Å²) in [5.74, 6) is -0.325. The topological polar surface area (TPSA) is 75.2 Å². The van der Waals surface area contributed by atoms with E-state index in [9.17, 15) is 9.59 Å². The van der Waals surface area contributed by atoms with E-state index in [4.69, 9.17) is 0 Å². The number of pyridine rings is 2. The Morgan fingerprint density at radius 1 is 1.19 bits per heavy atom. The van der Waals surface area contributed by atoms with Gasteiger partial charge in [-0.15, -0.1) is 0 Å². The molecule has 2 aromatic heterocycles. The molecule has 136 valence electrons. The van der Waals surface area contributed by atoms with E-state index < -0.39 is 0 Å². The van der Waals surface area contributed by atoms with E-state index >= 15 is 0 Å². The Morgan fingerprint density at radius 3 is 2.85 bits per heavy atom. The molecule has 1 atom stereocenters. The molecule has 0 saturated carbocycles. The van der Waals surface area contributed by atoms with E-state index in [0.717, 1.165) is 31.5 Å². The molecule has 0 spiro atoms. The Labute approximate surface area is 153 Å². The predicted molar refractivity (Wildman–Crippen MR) is 98.6 cm³/mol. The molecule has 1 unspecified atom stereocenters. The lowest BCUT2D eigenvalue weighted by molar-refractivity contribution is 0.0608. The fourth-order valence-corrected chi connectivity index (χ4v) is 3.31. The maximum absolute atomic E-state index is 12.9. The molecule has 1 N–H and O–H groups in total. The highest BCUT2D eigenvalue weighted by atomic mass is 16.2. The Hall–Kier alpha value is -2.76. The van der Waals surface area contributed by atoms with Crippen molar-refractivity contribution in [1.82, 2.24) is 20.2 Å². The maximum Gasteiger partial charge on any atom is 0.270 e. The highest BCUT2D eigenvalue weighted by Gasteiger charge is 2.26. The number of carbonyl (C=O) groups is 2. The highest BCUT2D eigenvalue weighted by molar-refractivity contribution is 5.98. The van der Waals surface area contributed by atoms with Gasteiger partial charge in [-0.25, -0.2) is 0 Å². The van der Waals surface area contributed by atoms with Crippen LogP contribution in [0.15, 0.2) is 42.7 Å². The second kappa shape index (κ2) is 8.56. The average molecular weight is 352 g/mol. The highest BCUT2D eigenvalue weighted by Crippen LogP contribution is 2.21. The smallest absolute Gasteiger partial charge is 0.270 e. The first-order valence-electron chi connectivity index (χ1n) is 9.14. The quantitative estimate of drug-likeness (QED) is 0.898. The van der Waals surface area contributed by atoms with Gasteiger partial charge in [-0.05, 0) is 49.9 Å². The fourth-order valence-electron chi connectivity index (χ4n) is 3.31. The molecule has 2 amide bonds. The summed E-state index contributed by atoms with van der Waals surface area (Å²) in [5, 5.41) is 2.79. The summed E-state index contributed by atoms with van der Waals surface area (Å²) in [4.78, 5) is 35.5. The van der Waals surface area contributed by atoms with Crippen LogP contribution in [0, 0.1) is 0 Å². The number of piperidine rings is 1. The van der Waals surface area contributed by atoms with Crippen LogP contribution in [0.3, 0.4) is 0 Å². The minimum atomic E-state index is -0.309. The van der Waals surface area contributed by atoms with Crippen LogP contribution in [0.5, 0.6) is 0 Å². The Morgan fingerprint density at radius 2 is 2.08 bits per heavy atom. The molecule has 1 aliphatic heterocycles.